The number of aromatic nitrogens is 3. The Morgan fingerprint density at radius 3 is 2.19 bits per heavy atom. The third-order valence-electron chi connectivity index (χ3n) is 6.95. The van der Waals surface area contributed by atoms with Gasteiger partial charge in [0.1, 0.15) is 5.54 Å². The predicted octanol–water partition coefficient (Wildman–Crippen LogP) is 3.05. The normalized spacial score (nSPS) is 20.0. The summed E-state index contributed by atoms with van der Waals surface area (Å²) in [6, 6.07) is 3.95. The molecule has 0 aromatic carbocycles. The first kappa shape index (κ1) is 26.7. The number of carboxylic acid groups (broad SMARTS) is 1. The number of carbonyl (C=O) groups is 2. The zero-order chi connectivity index (χ0) is 26.8. The van der Waals surface area contributed by atoms with Crippen molar-refractivity contribution in [2.24, 2.45) is 5.92 Å². The second-order valence-corrected chi connectivity index (χ2v) is 9.53. The molecule has 200 valence electrons. The molecule has 4 heterocycles. The number of carboxylic acids is 1. The largest absolute Gasteiger partial charge is 0.490 e. The van der Waals surface area contributed by atoms with Crippen LogP contribution in [0.3, 0.4) is 0 Å². The number of hydrogen-bond acceptors (Lipinski definition) is 7. The van der Waals surface area contributed by atoms with Gasteiger partial charge in [-0.2, -0.15) is 13.2 Å². The molecule has 5 rings (SSSR count). The molecule has 1 aliphatic carbocycles. The van der Waals surface area contributed by atoms with Crippen LogP contribution in [0.1, 0.15) is 31.4 Å². The molecule has 13 heteroatoms. The van der Waals surface area contributed by atoms with E-state index in [9.17, 15) is 22.4 Å². The maximum atomic E-state index is 13.8. The molecule has 0 atom stereocenters. The SMILES string of the molecule is Cc1ccc(N2CCN(CC3CC3)C3(CCN(c4ncc(F)cn4)CC3)C2=O)cn1.O=C(O)C(F)(F)F. The fourth-order valence-electron chi connectivity index (χ4n) is 4.74. The Morgan fingerprint density at radius 1 is 1.05 bits per heavy atom. The van der Waals surface area contributed by atoms with E-state index in [-0.39, 0.29) is 5.91 Å². The predicted molar refractivity (Wildman–Crippen MR) is 125 cm³/mol. The Kier molecular flexibility index (Phi) is 7.62. The molecule has 0 bridgehead atoms. The van der Waals surface area contributed by atoms with E-state index in [0.29, 0.717) is 25.6 Å². The molecule has 0 radical (unpaired) electrons. The molecule has 3 fully saturated rings. The second kappa shape index (κ2) is 10.6. The van der Waals surface area contributed by atoms with Gasteiger partial charge in [0.05, 0.1) is 24.3 Å². The fraction of sp³-hybridized carbons (Fsp3) is 0.542. The zero-order valence-electron chi connectivity index (χ0n) is 20.3. The molecule has 2 aromatic rings. The lowest BCUT2D eigenvalue weighted by molar-refractivity contribution is -0.192. The van der Waals surface area contributed by atoms with Gasteiger partial charge in [0.25, 0.3) is 0 Å². The maximum absolute atomic E-state index is 13.8. The van der Waals surface area contributed by atoms with E-state index in [1.807, 2.05) is 24.0 Å². The average molecular weight is 525 g/mol. The lowest BCUT2D eigenvalue weighted by Crippen LogP contribution is -2.69. The van der Waals surface area contributed by atoms with Crippen LogP contribution in [-0.2, 0) is 9.59 Å². The summed E-state index contributed by atoms with van der Waals surface area (Å²) in [6.45, 7) is 5.88. The monoisotopic (exact) mass is 524 g/mol. The summed E-state index contributed by atoms with van der Waals surface area (Å²) in [5, 5.41) is 7.12. The standard InChI is InChI=1S/C22H27FN6O.C2HF3O2/c1-16-2-5-19(14-24-16)29-11-10-28(15-17-3-4-17)22(20(29)30)6-8-27(9-7-22)21-25-12-18(23)13-26-21;3-2(4,5)1(6)7/h2,5,12-14,17H,3-4,6-11,15H2,1H3;(H,6,7). The van der Waals surface area contributed by atoms with Gasteiger partial charge in [-0.1, -0.05) is 0 Å². The minimum absolute atomic E-state index is 0.180. The molecule has 1 amide bonds. The number of piperazine rings is 1. The highest BCUT2D eigenvalue weighted by molar-refractivity contribution is 6.01. The summed E-state index contributed by atoms with van der Waals surface area (Å²) < 4.78 is 44.9. The van der Waals surface area contributed by atoms with Crippen molar-refractivity contribution >= 4 is 23.5 Å². The highest BCUT2D eigenvalue weighted by Gasteiger charge is 2.52. The molecule has 2 aromatic heterocycles. The van der Waals surface area contributed by atoms with Crippen molar-refractivity contribution in [1.82, 2.24) is 19.9 Å². The van der Waals surface area contributed by atoms with E-state index in [2.05, 4.69) is 24.8 Å². The van der Waals surface area contributed by atoms with E-state index in [1.54, 1.807) is 6.20 Å². The van der Waals surface area contributed by atoms with Crippen LogP contribution in [0.2, 0.25) is 0 Å². The third kappa shape index (κ3) is 6.14. The van der Waals surface area contributed by atoms with Crippen LogP contribution in [0.25, 0.3) is 0 Å². The number of amides is 1. The lowest BCUT2D eigenvalue weighted by Gasteiger charge is -2.53. The van der Waals surface area contributed by atoms with Crippen LogP contribution in [-0.4, -0.2) is 81.3 Å². The number of carbonyl (C=O) groups excluding carboxylic acids is 1. The van der Waals surface area contributed by atoms with E-state index in [4.69, 9.17) is 9.90 Å². The summed E-state index contributed by atoms with van der Waals surface area (Å²) >= 11 is 0. The second-order valence-electron chi connectivity index (χ2n) is 9.53. The Morgan fingerprint density at radius 2 is 1.68 bits per heavy atom. The molecule has 2 saturated heterocycles. The molecule has 2 aliphatic heterocycles. The number of aliphatic carboxylic acids is 1. The van der Waals surface area contributed by atoms with Gasteiger partial charge in [0.15, 0.2) is 5.82 Å². The summed E-state index contributed by atoms with van der Waals surface area (Å²) in [6.07, 6.45) is 3.08. The summed E-state index contributed by atoms with van der Waals surface area (Å²) in [5.74, 6) is -1.76. The first-order chi connectivity index (χ1) is 17.5. The highest BCUT2D eigenvalue weighted by Crippen LogP contribution is 2.40. The zero-order valence-corrected chi connectivity index (χ0v) is 20.3. The van der Waals surface area contributed by atoms with Gasteiger partial charge >= 0.3 is 12.1 Å². The van der Waals surface area contributed by atoms with Crippen LogP contribution in [0, 0.1) is 18.7 Å². The van der Waals surface area contributed by atoms with Crippen molar-refractivity contribution in [2.75, 3.05) is 42.5 Å². The van der Waals surface area contributed by atoms with Gasteiger partial charge in [0.2, 0.25) is 11.9 Å². The molecule has 0 unspecified atom stereocenters. The molecule has 1 spiro atoms. The fourth-order valence-corrected chi connectivity index (χ4v) is 4.74. The molecule has 3 aliphatic rings. The summed E-state index contributed by atoms with van der Waals surface area (Å²) in [4.78, 5) is 41.8. The topological polar surface area (TPSA) is 103 Å². The van der Waals surface area contributed by atoms with E-state index in [1.165, 1.54) is 25.2 Å². The molecule has 1 saturated carbocycles. The van der Waals surface area contributed by atoms with Crippen molar-refractivity contribution in [3.63, 3.8) is 0 Å². The summed E-state index contributed by atoms with van der Waals surface area (Å²) in [5.41, 5.74) is 1.32. The smallest absolute Gasteiger partial charge is 0.475 e. The summed E-state index contributed by atoms with van der Waals surface area (Å²) in [7, 11) is 0. The maximum Gasteiger partial charge on any atom is 0.490 e. The van der Waals surface area contributed by atoms with Gasteiger partial charge in [-0.05, 0) is 50.7 Å². The van der Waals surface area contributed by atoms with Crippen LogP contribution in [0.15, 0.2) is 30.7 Å². The number of anilines is 2. The highest BCUT2D eigenvalue weighted by atomic mass is 19.4. The third-order valence-corrected chi connectivity index (χ3v) is 6.95. The van der Waals surface area contributed by atoms with Crippen molar-refractivity contribution in [2.45, 2.75) is 44.3 Å². The van der Waals surface area contributed by atoms with Crippen molar-refractivity contribution in [3.05, 3.63) is 42.2 Å². The number of pyridine rings is 1. The molecular formula is C24H28F4N6O3. The van der Waals surface area contributed by atoms with Crippen molar-refractivity contribution in [1.29, 1.82) is 0 Å². The van der Waals surface area contributed by atoms with Crippen LogP contribution in [0.5, 0.6) is 0 Å². The minimum Gasteiger partial charge on any atom is -0.475 e. The van der Waals surface area contributed by atoms with E-state index < -0.39 is 23.5 Å². The Bertz CT molecular complexity index is 1100. The number of rotatable bonds is 4. The number of hydrogen-bond donors (Lipinski definition) is 1. The lowest BCUT2D eigenvalue weighted by atomic mass is 9.82. The van der Waals surface area contributed by atoms with Crippen molar-refractivity contribution < 1.29 is 32.3 Å². The van der Waals surface area contributed by atoms with Crippen LogP contribution >= 0.6 is 0 Å². The van der Waals surface area contributed by atoms with Gasteiger partial charge in [-0.3, -0.25) is 14.7 Å². The molecule has 1 N–H and O–H groups in total. The number of halogens is 4. The van der Waals surface area contributed by atoms with Gasteiger partial charge in [0, 0.05) is 38.4 Å². The molecule has 9 nitrogen and oxygen atoms in total. The number of nitrogens with zero attached hydrogens (tertiary/aromatic N) is 6. The quantitative estimate of drug-likeness (QED) is 0.609. The number of aryl methyl sites for hydroxylation is 1. The Labute approximate surface area is 211 Å². The van der Waals surface area contributed by atoms with E-state index in [0.717, 1.165) is 43.2 Å². The van der Waals surface area contributed by atoms with Gasteiger partial charge in [-0.15, -0.1) is 0 Å². The Hall–Kier alpha value is -3.35. The average Bonchev–Trinajstić information content (AvgIpc) is 3.68. The van der Waals surface area contributed by atoms with Gasteiger partial charge in [-0.25, -0.2) is 19.2 Å². The number of piperidine rings is 1. The first-order valence-electron chi connectivity index (χ1n) is 12.0. The van der Waals surface area contributed by atoms with Crippen LogP contribution in [0.4, 0.5) is 29.2 Å². The Balaban J connectivity index is 0.000000405. The first-order valence-corrected chi connectivity index (χ1v) is 12.0. The minimum atomic E-state index is -5.08. The van der Waals surface area contributed by atoms with Crippen molar-refractivity contribution in [3.8, 4) is 0 Å². The van der Waals surface area contributed by atoms with Crippen LogP contribution < -0.4 is 9.80 Å². The molecule has 37 heavy (non-hydrogen) atoms. The number of alkyl halides is 3. The molecular weight excluding hydrogens is 496 g/mol. The van der Waals surface area contributed by atoms with Gasteiger partial charge < -0.3 is 14.9 Å². The van der Waals surface area contributed by atoms with E-state index >= 15 is 0 Å².